The molecule has 3 aliphatic heterocycles. The molecule has 2 unspecified atom stereocenters. The van der Waals surface area contributed by atoms with Gasteiger partial charge in [-0.25, -0.2) is 4.79 Å². The molecule has 47 heavy (non-hydrogen) atoms. The lowest BCUT2D eigenvalue weighted by molar-refractivity contribution is 0.0779. The Kier molecular flexibility index (Phi) is 9.44. The second-order valence-electron chi connectivity index (χ2n) is 12.6. The Morgan fingerprint density at radius 1 is 0.809 bits per heavy atom. The molecule has 0 aliphatic carbocycles. The number of unbranched alkanes of at least 4 members (excludes halogenated alkanes) is 1. The molecule has 1 saturated heterocycles. The highest BCUT2D eigenvalue weighted by Gasteiger charge is 2.37. The summed E-state index contributed by atoms with van der Waals surface area (Å²) in [4.78, 5) is 25.2. The van der Waals surface area contributed by atoms with Crippen LogP contribution in [0.4, 0.5) is 16.2 Å². The molecule has 1 fully saturated rings. The monoisotopic (exact) mass is 664 g/mol. The van der Waals surface area contributed by atoms with E-state index in [2.05, 4.69) is 121 Å². The van der Waals surface area contributed by atoms with E-state index in [0.29, 0.717) is 19.7 Å². The molecule has 0 spiro atoms. The van der Waals surface area contributed by atoms with Crippen LogP contribution in [0, 0.1) is 11.8 Å². The van der Waals surface area contributed by atoms with Crippen LogP contribution in [0.15, 0.2) is 105 Å². The predicted octanol–water partition coefficient (Wildman–Crippen LogP) is 9.27. The Bertz CT molecular complexity index is 1840. The fourth-order valence-electron chi connectivity index (χ4n) is 7.21. The van der Waals surface area contributed by atoms with Crippen molar-refractivity contribution in [2.24, 2.45) is 11.8 Å². The zero-order valence-electron chi connectivity index (χ0n) is 27.8. The smallest absolute Gasteiger partial charge is 0.320 e. The number of allylic oxidation sites excluding steroid dienone is 2. The molecule has 7 rings (SSSR count). The van der Waals surface area contributed by atoms with Gasteiger partial charge in [-0.3, -0.25) is 0 Å². The topological polar surface area (TPSA) is 39.3 Å². The van der Waals surface area contributed by atoms with Crippen molar-refractivity contribution >= 4 is 62.5 Å². The van der Waals surface area contributed by atoms with E-state index in [0.717, 1.165) is 32.5 Å². The predicted molar refractivity (Wildman–Crippen MR) is 200 cm³/mol. The molecule has 6 nitrogen and oxygen atoms in total. The zero-order chi connectivity index (χ0) is 32.5. The largest absolute Gasteiger partial charge is 0.383 e. The van der Waals surface area contributed by atoms with E-state index in [1.807, 2.05) is 28.4 Å². The highest BCUT2D eigenvalue weighted by molar-refractivity contribution is 8.04. The maximum atomic E-state index is 13.6. The van der Waals surface area contributed by atoms with Crippen molar-refractivity contribution in [3.63, 3.8) is 0 Å². The van der Waals surface area contributed by atoms with E-state index in [1.54, 1.807) is 7.11 Å². The summed E-state index contributed by atoms with van der Waals surface area (Å²) >= 11 is 3.74. The molecule has 3 aliphatic rings. The molecule has 4 aromatic rings. The summed E-state index contributed by atoms with van der Waals surface area (Å²) in [5.41, 5.74) is 2.59. The van der Waals surface area contributed by atoms with E-state index >= 15 is 0 Å². The van der Waals surface area contributed by atoms with Gasteiger partial charge in [0.2, 0.25) is 0 Å². The number of carbonyl (C=O) groups is 1. The first-order valence-electron chi connectivity index (χ1n) is 16.9. The maximum Gasteiger partial charge on any atom is 0.320 e. The van der Waals surface area contributed by atoms with E-state index in [4.69, 9.17) is 4.74 Å². The minimum atomic E-state index is 0.111. The van der Waals surface area contributed by atoms with Crippen molar-refractivity contribution in [1.29, 1.82) is 0 Å². The third-order valence-corrected chi connectivity index (χ3v) is 12.0. The number of methoxy groups -OCH3 is 1. The first-order chi connectivity index (χ1) is 23.0. The first-order valence-corrected chi connectivity index (χ1v) is 18.5. The quantitative estimate of drug-likeness (QED) is 0.168. The van der Waals surface area contributed by atoms with Gasteiger partial charge in [-0.2, -0.15) is 0 Å². The molecular formula is C39H44N4O2S2. The van der Waals surface area contributed by atoms with Crippen molar-refractivity contribution < 1.29 is 9.53 Å². The summed E-state index contributed by atoms with van der Waals surface area (Å²) in [5.74, 6) is 0.343. The van der Waals surface area contributed by atoms with Crippen molar-refractivity contribution in [3.8, 4) is 0 Å². The lowest BCUT2D eigenvalue weighted by Crippen LogP contribution is -2.55. The molecule has 0 aromatic heterocycles. The Morgan fingerprint density at radius 2 is 1.40 bits per heavy atom. The number of hydrogen-bond acceptors (Lipinski definition) is 6. The number of anilines is 2. The molecule has 4 aromatic carbocycles. The average molecular weight is 665 g/mol. The van der Waals surface area contributed by atoms with E-state index in [-0.39, 0.29) is 17.9 Å². The highest BCUT2D eigenvalue weighted by atomic mass is 32.2. The molecule has 0 saturated carbocycles. The Labute approximate surface area is 287 Å². The number of fused-ring (bicyclic) bond motifs is 6. The van der Waals surface area contributed by atoms with Crippen molar-refractivity contribution in [2.75, 3.05) is 63.3 Å². The van der Waals surface area contributed by atoms with Gasteiger partial charge in [-0.05, 0) is 48.4 Å². The molecule has 8 heteroatoms. The number of carbonyl (C=O) groups excluding carboxylic acids is 1. The van der Waals surface area contributed by atoms with Crippen LogP contribution in [0.1, 0.15) is 26.7 Å². The van der Waals surface area contributed by atoms with Gasteiger partial charge in [0.1, 0.15) is 0 Å². The van der Waals surface area contributed by atoms with Crippen LogP contribution < -0.4 is 9.80 Å². The summed E-state index contributed by atoms with van der Waals surface area (Å²) < 4.78 is 5.45. The van der Waals surface area contributed by atoms with Gasteiger partial charge in [-0.1, -0.05) is 97.5 Å². The number of nitrogens with zero attached hydrogens (tertiary/aromatic N) is 4. The van der Waals surface area contributed by atoms with Crippen molar-refractivity contribution in [2.45, 2.75) is 36.5 Å². The third kappa shape index (κ3) is 6.12. The van der Waals surface area contributed by atoms with Crippen LogP contribution in [0.2, 0.25) is 0 Å². The van der Waals surface area contributed by atoms with Crippen LogP contribution in [0.25, 0.3) is 21.5 Å². The SMILES string of the molecule is CCCCN1CC(C(C=C2Sc3ccc4ccccc4c3N2C)C=C2Sc3ccc4ccccc4c3N2CC)CN(CCOC)C1=O. The molecule has 3 heterocycles. The molecular weight excluding hydrogens is 621 g/mol. The molecule has 244 valence electrons. The normalized spacial score (nSPS) is 20.3. The maximum absolute atomic E-state index is 13.6. The summed E-state index contributed by atoms with van der Waals surface area (Å²) in [6.45, 7) is 8.72. The van der Waals surface area contributed by atoms with E-state index < -0.39 is 0 Å². The number of urea groups is 1. The van der Waals surface area contributed by atoms with Crippen LogP contribution in [0.5, 0.6) is 0 Å². The summed E-state index contributed by atoms with van der Waals surface area (Å²) in [6.07, 6.45) is 7.05. The second kappa shape index (κ2) is 13.9. The van der Waals surface area contributed by atoms with Crippen LogP contribution >= 0.6 is 23.5 Å². The average Bonchev–Trinajstić information content (AvgIpc) is 3.63. The van der Waals surface area contributed by atoms with Gasteiger partial charge in [0.25, 0.3) is 0 Å². The number of hydrogen-bond donors (Lipinski definition) is 0. The highest BCUT2D eigenvalue weighted by Crippen LogP contribution is 2.52. The number of amides is 2. The molecule has 2 atom stereocenters. The first kappa shape index (κ1) is 32.0. The minimum absolute atomic E-state index is 0.111. The van der Waals surface area contributed by atoms with Crippen molar-refractivity contribution in [1.82, 2.24) is 9.80 Å². The van der Waals surface area contributed by atoms with E-state index in [9.17, 15) is 4.79 Å². The van der Waals surface area contributed by atoms with E-state index in [1.165, 1.54) is 52.8 Å². The number of rotatable bonds is 10. The Morgan fingerprint density at radius 3 is 2.06 bits per heavy atom. The Hall–Kier alpha value is -3.59. The summed E-state index contributed by atoms with van der Waals surface area (Å²) in [5, 5.41) is 7.62. The minimum Gasteiger partial charge on any atom is -0.383 e. The second-order valence-corrected chi connectivity index (χ2v) is 14.8. The summed E-state index contributed by atoms with van der Waals surface area (Å²) in [6, 6.07) is 26.5. The number of thioether (sulfide) groups is 2. The molecule has 0 bridgehead atoms. The van der Waals surface area contributed by atoms with Gasteiger partial charge in [-0.15, -0.1) is 0 Å². The lowest BCUT2D eigenvalue weighted by atomic mass is 9.89. The number of ether oxygens (including phenoxy) is 1. The number of benzene rings is 4. The van der Waals surface area contributed by atoms with Gasteiger partial charge in [0.15, 0.2) is 0 Å². The zero-order valence-corrected chi connectivity index (χ0v) is 29.4. The standard InChI is InChI=1S/C39H44N4O2S2/c1-5-7-20-41-25-30(26-42(39(41)44)21-22-45-4)29(23-35-40(3)37-31-14-10-8-12-27(31)16-18-33(37)46-35)24-36-43(6-2)38-32-15-11-9-13-28(32)17-19-34(38)47-36/h8-19,23-24,29-30H,5-7,20-22,25-26H2,1-4H3. The Balaban J connectivity index is 1.30. The van der Waals surface area contributed by atoms with Gasteiger partial charge < -0.3 is 24.3 Å². The fourth-order valence-corrected chi connectivity index (χ4v) is 9.60. The molecule has 0 N–H and O–H groups in total. The van der Waals surface area contributed by atoms with Gasteiger partial charge in [0, 0.05) is 79.3 Å². The van der Waals surface area contributed by atoms with Crippen LogP contribution in [-0.4, -0.2) is 69.3 Å². The van der Waals surface area contributed by atoms with Gasteiger partial charge >= 0.3 is 6.03 Å². The molecule has 2 amide bonds. The van der Waals surface area contributed by atoms with Crippen LogP contribution in [0.3, 0.4) is 0 Å². The summed E-state index contributed by atoms with van der Waals surface area (Å²) in [7, 11) is 3.92. The lowest BCUT2D eigenvalue weighted by Gasteiger charge is -2.42. The van der Waals surface area contributed by atoms with Gasteiger partial charge in [0.05, 0.1) is 28.0 Å². The van der Waals surface area contributed by atoms with Crippen molar-refractivity contribution in [3.05, 3.63) is 95.0 Å². The third-order valence-electron chi connectivity index (χ3n) is 9.69. The molecule has 0 radical (unpaired) electrons. The van der Waals surface area contributed by atoms with Crippen LogP contribution in [-0.2, 0) is 4.74 Å². The fraction of sp³-hybridized carbons (Fsp3) is 0.359.